The number of nitrogens with one attached hydrogen (secondary N) is 2. The maximum atomic E-state index is 5.52. The molecule has 0 aliphatic heterocycles. The van der Waals surface area contributed by atoms with Gasteiger partial charge in [0.25, 0.3) is 0 Å². The van der Waals surface area contributed by atoms with E-state index in [4.69, 9.17) is 4.42 Å². The molecule has 0 aliphatic rings. The number of rotatable bonds is 8. The molecule has 2 heterocycles. The summed E-state index contributed by atoms with van der Waals surface area (Å²) in [7, 11) is 0. The monoisotopic (exact) mass is 334 g/mol. The van der Waals surface area contributed by atoms with Crippen LogP contribution in [0.3, 0.4) is 0 Å². The van der Waals surface area contributed by atoms with Crippen LogP contribution in [0, 0.1) is 5.92 Å². The van der Waals surface area contributed by atoms with Crippen LogP contribution in [0.2, 0.25) is 0 Å². The van der Waals surface area contributed by atoms with Crippen LogP contribution in [0.4, 0.5) is 0 Å². The van der Waals surface area contributed by atoms with Crippen LogP contribution in [-0.4, -0.2) is 24.0 Å². The Kier molecular flexibility index (Phi) is 7.13. The van der Waals surface area contributed by atoms with Gasteiger partial charge in [-0.15, -0.1) is 11.3 Å². The average Bonchev–Trinajstić information content (AvgIpc) is 3.24. The topological polar surface area (TPSA) is 62.5 Å². The van der Waals surface area contributed by atoms with E-state index in [1.165, 1.54) is 12.8 Å². The second kappa shape index (κ2) is 9.35. The molecule has 0 bridgehead atoms. The summed E-state index contributed by atoms with van der Waals surface area (Å²) in [5.74, 6) is 2.18. The molecular formula is C17H26N4OS. The summed E-state index contributed by atoms with van der Waals surface area (Å²) in [5, 5.41) is 8.70. The second-order valence-electron chi connectivity index (χ2n) is 5.38. The van der Waals surface area contributed by atoms with Crippen LogP contribution >= 0.6 is 11.3 Å². The number of hydrogen-bond donors (Lipinski definition) is 2. The minimum Gasteiger partial charge on any atom is -0.443 e. The number of guanidine groups is 1. The molecule has 6 heteroatoms. The summed E-state index contributed by atoms with van der Waals surface area (Å²) >= 11 is 1.62. The minimum atomic E-state index is 0.507. The Balaban J connectivity index is 1.94. The van der Waals surface area contributed by atoms with Gasteiger partial charge < -0.3 is 15.1 Å². The first-order chi connectivity index (χ1) is 11.3. The van der Waals surface area contributed by atoms with Gasteiger partial charge in [-0.1, -0.05) is 32.8 Å². The zero-order chi connectivity index (χ0) is 16.5. The summed E-state index contributed by atoms with van der Waals surface area (Å²) in [6, 6.07) is 4.00. The van der Waals surface area contributed by atoms with Crippen molar-refractivity contribution in [1.82, 2.24) is 15.6 Å². The van der Waals surface area contributed by atoms with Crippen molar-refractivity contribution < 1.29 is 4.42 Å². The molecular weight excluding hydrogens is 308 g/mol. The van der Waals surface area contributed by atoms with Crippen molar-refractivity contribution in [2.24, 2.45) is 10.9 Å². The lowest BCUT2D eigenvalue weighted by Gasteiger charge is -2.16. The first-order valence-corrected chi connectivity index (χ1v) is 9.15. The normalized spacial score (nSPS) is 11.9. The third kappa shape index (κ3) is 5.39. The average molecular weight is 334 g/mol. The fraction of sp³-hybridized carbons (Fsp3) is 0.529. The standard InChI is InChI=1S/C17H26N4OS/c1-4-13(5-2)10-19-17(18-6-3)20-11-14-12-22-16(21-14)15-8-7-9-23-15/h7-9,12-13H,4-6,10-11H2,1-3H3,(H2,18,19,20). The molecule has 0 aliphatic carbocycles. The van der Waals surface area contributed by atoms with E-state index in [1.807, 2.05) is 17.5 Å². The Morgan fingerprint density at radius 3 is 2.78 bits per heavy atom. The molecule has 0 unspecified atom stereocenters. The number of aromatic nitrogens is 1. The number of thiophene rings is 1. The summed E-state index contributed by atoms with van der Waals surface area (Å²) in [6.45, 7) is 8.81. The number of aliphatic imine (C=N–C) groups is 1. The molecule has 0 aromatic carbocycles. The molecule has 0 saturated carbocycles. The van der Waals surface area contributed by atoms with Crippen LogP contribution in [0.25, 0.3) is 10.8 Å². The van der Waals surface area contributed by atoms with Gasteiger partial charge in [0.05, 0.1) is 11.4 Å². The van der Waals surface area contributed by atoms with Crippen LogP contribution in [0.5, 0.6) is 0 Å². The zero-order valence-electron chi connectivity index (χ0n) is 14.1. The fourth-order valence-corrected chi connectivity index (χ4v) is 2.87. The molecule has 2 rings (SSSR count). The van der Waals surface area contributed by atoms with Crippen molar-refractivity contribution in [3.63, 3.8) is 0 Å². The van der Waals surface area contributed by atoms with E-state index in [0.29, 0.717) is 18.4 Å². The predicted molar refractivity (Wildman–Crippen MR) is 96.7 cm³/mol. The maximum Gasteiger partial charge on any atom is 0.236 e. The van der Waals surface area contributed by atoms with Gasteiger partial charge in [-0.2, -0.15) is 0 Å². The van der Waals surface area contributed by atoms with E-state index in [1.54, 1.807) is 17.6 Å². The third-order valence-electron chi connectivity index (χ3n) is 3.74. The summed E-state index contributed by atoms with van der Waals surface area (Å²) in [5.41, 5.74) is 0.841. The predicted octanol–water partition coefficient (Wildman–Crippen LogP) is 3.89. The lowest BCUT2D eigenvalue weighted by atomic mass is 10.0. The van der Waals surface area contributed by atoms with Gasteiger partial charge in [-0.3, -0.25) is 0 Å². The lowest BCUT2D eigenvalue weighted by Crippen LogP contribution is -2.39. The summed E-state index contributed by atoms with van der Waals surface area (Å²) in [6.07, 6.45) is 4.04. The molecule has 0 atom stereocenters. The highest BCUT2D eigenvalue weighted by Gasteiger charge is 2.08. The van der Waals surface area contributed by atoms with Crippen molar-refractivity contribution in [1.29, 1.82) is 0 Å². The molecule has 2 N–H and O–H groups in total. The minimum absolute atomic E-state index is 0.507. The number of hydrogen-bond acceptors (Lipinski definition) is 4. The van der Waals surface area contributed by atoms with Crippen molar-refractivity contribution in [2.45, 2.75) is 40.2 Å². The quantitative estimate of drug-likeness (QED) is 0.568. The van der Waals surface area contributed by atoms with Gasteiger partial charge in [0.1, 0.15) is 12.0 Å². The van der Waals surface area contributed by atoms with Crippen LogP contribution in [-0.2, 0) is 6.54 Å². The highest BCUT2D eigenvalue weighted by Crippen LogP contribution is 2.23. The molecule has 0 amide bonds. The van der Waals surface area contributed by atoms with Crippen molar-refractivity contribution in [3.8, 4) is 10.8 Å². The highest BCUT2D eigenvalue weighted by atomic mass is 32.1. The van der Waals surface area contributed by atoms with Crippen molar-refractivity contribution in [3.05, 3.63) is 29.5 Å². The molecule has 0 saturated heterocycles. The summed E-state index contributed by atoms with van der Waals surface area (Å²) in [4.78, 5) is 10.1. The van der Waals surface area contributed by atoms with Crippen LogP contribution < -0.4 is 10.6 Å². The van der Waals surface area contributed by atoms with Gasteiger partial charge >= 0.3 is 0 Å². The zero-order valence-corrected chi connectivity index (χ0v) is 14.9. The first kappa shape index (κ1) is 17.5. The van der Waals surface area contributed by atoms with Crippen LogP contribution in [0.15, 0.2) is 33.2 Å². The maximum absolute atomic E-state index is 5.52. The lowest BCUT2D eigenvalue weighted by molar-refractivity contribution is 0.481. The van der Waals surface area contributed by atoms with Crippen molar-refractivity contribution in [2.75, 3.05) is 13.1 Å². The smallest absolute Gasteiger partial charge is 0.236 e. The molecule has 126 valence electrons. The van der Waals surface area contributed by atoms with E-state index >= 15 is 0 Å². The highest BCUT2D eigenvalue weighted by molar-refractivity contribution is 7.13. The molecule has 23 heavy (non-hydrogen) atoms. The first-order valence-electron chi connectivity index (χ1n) is 8.27. The summed E-state index contributed by atoms with van der Waals surface area (Å²) < 4.78 is 5.52. The fourth-order valence-electron chi connectivity index (χ4n) is 2.21. The molecule has 0 fully saturated rings. The molecule has 0 radical (unpaired) electrons. The van der Waals surface area contributed by atoms with Crippen molar-refractivity contribution >= 4 is 17.3 Å². The van der Waals surface area contributed by atoms with E-state index in [-0.39, 0.29) is 0 Å². The Labute approximate surface area is 142 Å². The Hall–Kier alpha value is -1.82. The third-order valence-corrected chi connectivity index (χ3v) is 4.60. The van der Waals surface area contributed by atoms with E-state index in [9.17, 15) is 0 Å². The van der Waals surface area contributed by atoms with Gasteiger partial charge in [0.2, 0.25) is 5.89 Å². The molecule has 2 aromatic heterocycles. The Bertz CT molecular complexity index is 588. The second-order valence-corrected chi connectivity index (χ2v) is 6.33. The number of nitrogens with zero attached hydrogens (tertiary/aromatic N) is 2. The van der Waals surface area contributed by atoms with E-state index in [0.717, 1.165) is 29.6 Å². The molecule has 2 aromatic rings. The van der Waals surface area contributed by atoms with Crippen LogP contribution in [0.1, 0.15) is 39.3 Å². The van der Waals surface area contributed by atoms with E-state index in [2.05, 4.69) is 41.4 Å². The van der Waals surface area contributed by atoms with E-state index < -0.39 is 0 Å². The van der Waals surface area contributed by atoms with Gasteiger partial charge in [-0.05, 0) is 24.3 Å². The Morgan fingerprint density at radius 2 is 2.13 bits per heavy atom. The van der Waals surface area contributed by atoms with Gasteiger partial charge in [-0.25, -0.2) is 9.98 Å². The number of oxazole rings is 1. The molecule has 5 nitrogen and oxygen atoms in total. The van der Waals surface area contributed by atoms with Gasteiger partial charge in [0.15, 0.2) is 5.96 Å². The van der Waals surface area contributed by atoms with Gasteiger partial charge in [0, 0.05) is 13.1 Å². The Morgan fingerprint density at radius 1 is 1.30 bits per heavy atom. The molecule has 0 spiro atoms. The SMILES string of the molecule is CCNC(=NCc1coc(-c2cccs2)n1)NCC(CC)CC. The largest absolute Gasteiger partial charge is 0.443 e.